The number of hydrogen-bond acceptors (Lipinski definition) is 5. The van der Waals surface area contributed by atoms with E-state index in [1.807, 2.05) is 30.3 Å². The maximum Gasteiger partial charge on any atom is 0.253 e. The SMILES string of the molecule is C=CCN(Cc1ccccc1)C(=O)[C@H]1[C@@H]2OC3(CC2Br)C(C(=O)N(CC=C)c2ccccc2Cl)N(CCCO)C(=O)[C@H]13. The normalized spacial score (nSPS) is 27.5. The molecule has 1 N–H and O–H groups in total. The summed E-state index contributed by atoms with van der Waals surface area (Å²) >= 11 is 10.3. The van der Waals surface area contributed by atoms with Crippen LogP contribution in [0.2, 0.25) is 5.02 Å². The molecule has 0 saturated carbocycles. The van der Waals surface area contributed by atoms with Crippen molar-refractivity contribution in [2.24, 2.45) is 11.8 Å². The molecule has 10 heteroatoms. The molecular weight excluding hydrogens is 622 g/mol. The number of alkyl halides is 1. The monoisotopic (exact) mass is 655 g/mol. The topological polar surface area (TPSA) is 90.4 Å². The van der Waals surface area contributed by atoms with E-state index >= 15 is 0 Å². The van der Waals surface area contributed by atoms with Crippen LogP contribution in [0.3, 0.4) is 0 Å². The summed E-state index contributed by atoms with van der Waals surface area (Å²) in [5.74, 6) is -2.52. The second-order valence-corrected chi connectivity index (χ2v) is 12.5. The Balaban J connectivity index is 1.55. The van der Waals surface area contributed by atoms with Crippen LogP contribution in [0.5, 0.6) is 0 Å². The van der Waals surface area contributed by atoms with E-state index in [4.69, 9.17) is 16.3 Å². The maximum absolute atomic E-state index is 14.6. The summed E-state index contributed by atoms with van der Waals surface area (Å²) in [6.45, 7) is 8.49. The summed E-state index contributed by atoms with van der Waals surface area (Å²) in [4.78, 5) is 47.6. The van der Waals surface area contributed by atoms with E-state index < -0.39 is 29.6 Å². The van der Waals surface area contributed by atoms with Crippen molar-refractivity contribution in [1.29, 1.82) is 0 Å². The summed E-state index contributed by atoms with van der Waals surface area (Å²) in [7, 11) is 0. The van der Waals surface area contributed by atoms with E-state index in [2.05, 4.69) is 29.1 Å². The van der Waals surface area contributed by atoms with Crippen LogP contribution < -0.4 is 4.90 Å². The van der Waals surface area contributed by atoms with Gasteiger partial charge < -0.3 is 24.5 Å². The Hall–Kier alpha value is -2.98. The van der Waals surface area contributed by atoms with Crippen LogP contribution in [-0.4, -0.2) is 81.4 Å². The number of carbonyl (C=O) groups excluding carboxylic acids is 3. The second kappa shape index (κ2) is 12.7. The predicted molar refractivity (Wildman–Crippen MR) is 165 cm³/mol. The number of rotatable bonds is 12. The largest absolute Gasteiger partial charge is 0.396 e. The lowest BCUT2D eigenvalue weighted by atomic mass is 9.70. The first-order valence-corrected chi connectivity index (χ1v) is 15.4. The highest BCUT2D eigenvalue weighted by atomic mass is 79.9. The summed E-state index contributed by atoms with van der Waals surface area (Å²) in [5, 5.41) is 10.0. The van der Waals surface area contributed by atoms with E-state index in [9.17, 15) is 19.5 Å². The summed E-state index contributed by atoms with van der Waals surface area (Å²) < 4.78 is 6.67. The molecule has 5 rings (SSSR count). The van der Waals surface area contributed by atoms with Crippen LogP contribution >= 0.6 is 27.5 Å². The van der Waals surface area contributed by atoms with Gasteiger partial charge in [-0.25, -0.2) is 0 Å². The standard InChI is InChI=1S/C32H35BrClN3O5/c1-3-15-35(20-21-11-6-5-7-12-21)29(39)25-26-30(40)37(17-10-18-38)28(32(26)19-22(33)27(25)42-32)31(41)36(16-4-2)24-14-9-8-13-23(24)34/h3-9,11-14,22,25-28,38H,1-2,10,15-20H2/t22?,25-,26+,27-,28?,32?/m1/s1. The van der Waals surface area contributed by atoms with Gasteiger partial charge in [0.15, 0.2) is 0 Å². The number of para-hydroxylation sites is 1. The Morgan fingerprint density at radius 1 is 1.10 bits per heavy atom. The number of nitrogens with zero attached hydrogens (tertiary/aromatic N) is 3. The molecule has 3 aliphatic heterocycles. The minimum atomic E-state index is -1.23. The van der Waals surface area contributed by atoms with Crippen LogP contribution in [0.25, 0.3) is 0 Å². The molecule has 0 aliphatic carbocycles. The lowest BCUT2D eigenvalue weighted by Crippen LogP contribution is -2.57. The molecule has 1 spiro atoms. The molecule has 3 unspecified atom stereocenters. The van der Waals surface area contributed by atoms with Gasteiger partial charge in [0.25, 0.3) is 5.91 Å². The van der Waals surface area contributed by atoms with Gasteiger partial charge in [0.05, 0.1) is 28.6 Å². The van der Waals surface area contributed by atoms with E-state index in [1.165, 1.54) is 9.80 Å². The van der Waals surface area contributed by atoms with Gasteiger partial charge in [0, 0.05) is 37.6 Å². The Kier molecular flexibility index (Phi) is 9.23. The smallest absolute Gasteiger partial charge is 0.253 e. The fourth-order valence-corrected chi connectivity index (χ4v) is 8.01. The Labute approximate surface area is 259 Å². The first-order valence-electron chi connectivity index (χ1n) is 14.1. The van der Waals surface area contributed by atoms with Gasteiger partial charge in [-0.2, -0.15) is 0 Å². The van der Waals surface area contributed by atoms with Gasteiger partial charge in [0.1, 0.15) is 11.6 Å². The van der Waals surface area contributed by atoms with E-state index in [0.29, 0.717) is 30.2 Å². The van der Waals surface area contributed by atoms with E-state index in [1.54, 1.807) is 41.3 Å². The number of ether oxygens (including phenoxy) is 1. The minimum Gasteiger partial charge on any atom is -0.396 e. The first-order chi connectivity index (χ1) is 20.3. The summed E-state index contributed by atoms with van der Waals surface area (Å²) in [6.07, 6.45) is 3.35. The van der Waals surface area contributed by atoms with Crippen LogP contribution in [0.15, 0.2) is 79.9 Å². The lowest BCUT2D eigenvalue weighted by Gasteiger charge is -2.37. The number of benzene rings is 2. The zero-order chi connectivity index (χ0) is 30.0. The molecule has 6 atom stereocenters. The number of halogens is 2. The maximum atomic E-state index is 14.6. The number of amides is 3. The molecule has 3 saturated heterocycles. The van der Waals surface area contributed by atoms with Gasteiger partial charge in [-0.3, -0.25) is 14.4 Å². The Morgan fingerprint density at radius 2 is 1.79 bits per heavy atom. The fourth-order valence-electron chi connectivity index (χ4n) is 6.83. The van der Waals surface area contributed by atoms with E-state index in [-0.39, 0.29) is 48.7 Å². The molecule has 3 amide bonds. The average Bonchev–Trinajstić information content (AvgIpc) is 3.58. The molecule has 2 aromatic carbocycles. The average molecular weight is 657 g/mol. The molecular formula is C32H35BrClN3O5. The molecule has 0 radical (unpaired) electrons. The summed E-state index contributed by atoms with van der Waals surface area (Å²) in [6, 6.07) is 15.7. The van der Waals surface area contributed by atoms with Gasteiger partial charge in [0.2, 0.25) is 11.8 Å². The number of hydrogen-bond donors (Lipinski definition) is 1. The third kappa shape index (κ3) is 5.21. The van der Waals surface area contributed by atoms with Gasteiger partial charge in [-0.15, -0.1) is 13.2 Å². The zero-order valence-electron chi connectivity index (χ0n) is 23.3. The van der Waals surface area contributed by atoms with Crippen LogP contribution in [0, 0.1) is 11.8 Å². The lowest BCUT2D eigenvalue weighted by molar-refractivity contribution is -0.145. The van der Waals surface area contributed by atoms with Crippen LogP contribution in [0.4, 0.5) is 5.69 Å². The van der Waals surface area contributed by atoms with Gasteiger partial charge >= 0.3 is 0 Å². The van der Waals surface area contributed by atoms with Crippen molar-refractivity contribution in [1.82, 2.24) is 9.80 Å². The molecule has 222 valence electrons. The van der Waals surface area contributed by atoms with Gasteiger partial charge in [-0.1, -0.05) is 82.1 Å². The molecule has 2 bridgehead atoms. The molecule has 3 fully saturated rings. The third-order valence-corrected chi connectivity index (χ3v) is 9.63. The number of likely N-dealkylation sites (tertiary alicyclic amines) is 1. The Bertz CT molecular complexity index is 1360. The van der Waals surface area contributed by atoms with Crippen LogP contribution in [0.1, 0.15) is 18.4 Å². The highest BCUT2D eigenvalue weighted by Gasteiger charge is 2.76. The highest BCUT2D eigenvalue weighted by molar-refractivity contribution is 9.09. The van der Waals surface area contributed by atoms with Crippen molar-refractivity contribution < 1.29 is 24.2 Å². The second-order valence-electron chi connectivity index (χ2n) is 11.0. The fraction of sp³-hybridized carbons (Fsp3) is 0.406. The number of anilines is 1. The van der Waals surface area contributed by atoms with Crippen molar-refractivity contribution in [3.63, 3.8) is 0 Å². The molecule has 42 heavy (non-hydrogen) atoms. The molecule has 8 nitrogen and oxygen atoms in total. The number of carbonyl (C=O) groups is 3. The predicted octanol–water partition coefficient (Wildman–Crippen LogP) is 4.20. The Morgan fingerprint density at radius 3 is 2.45 bits per heavy atom. The molecule has 0 aromatic heterocycles. The highest BCUT2D eigenvalue weighted by Crippen LogP contribution is 2.60. The quantitative estimate of drug-likeness (QED) is 0.273. The number of aliphatic hydroxyl groups is 1. The van der Waals surface area contributed by atoms with Crippen molar-refractivity contribution in [3.8, 4) is 0 Å². The van der Waals surface area contributed by atoms with Crippen molar-refractivity contribution >= 4 is 50.9 Å². The first kappa shape index (κ1) is 30.5. The zero-order valence-corrected chi connectivity index (χ0v) is 25.6. The number of fused-ring (bicyclic) bond motifs is 1. The van der Waals surface area contributed by atoms with Gasteiger partial charge in [-0.05, 0) is 30.5 Å². The third-order valence-electron chi connectivity index (χ3n) is 8.46. The number of aliphatic hydroxyl groups excluding tert-OH is 1. The minimum absolute atomic E-state index is 0.150. The van der Waals surface area contributed by atoms with Crippen LogP contribution in [-0.2, 0) is 25.7 Å². The molecule has 2 aromatic rings. The van der Waals surface area contributed by atoms with Crippen molar-refractivity contribution in [2.75, 3.05) is 31.1 Å². The van der Waals surface area contributed by atoms with Crippen molar-refractivity contribution in [2.45, 2.75) is 42.0 Å². The molecule has 3 heterocycles. The van der Waals surface area contributed by atoms with Crippen molar-refractivity contribution in [3.05, 3.63) is 90.5 Å². The summed E-state index contributed by atoms with van der Waals surface area (Å²) in [5.41, 5.74) is 0.224. The molecule has 3 aliphatic rings. The van der Waals surface area contributed by atoms with E-state index in [0.717, 1.165) is 5.56 Å².